The SMILES string of the molecule is Cc1ccc(/C=C/CC(=O)N2CCCC2C(=O)N2CCOCC2)cc1. The van der Waals surface area contributed by atoms with Gasteiger partial charge >= 0.3 is 0 Å². The first kappa shape index (κ1) is 17.7. The Morgan fingerprint density at radius 2 is 1.88 bits per heavy atom. The average molecular weight is 342 g/mol. The van der Waals surface area contributed by atoms with Gasteiger partial charge in [0.25, 0.3) is 0 Å². The van der Waals surface area contributed by atoms with Crippen LogP contribution in [0.5, 0.6) is 0 Å². The van der Waals surface area contributed by atoms with Crippen LogP contribution in [0.2, 0.25) is 0 Å². The van der Waals surface area contributed by atoms with Crippen LogP contribution < -0.4 is 0 Å². The number of nitrogens with zero attached hydrogens (tertiary/aromatic N) is 2. The highest BCUT2D eigenvalue weighted by Crippen LogP contribution is 2.21. The van der Waals surface area contributed by atoms with Crippen LogP contribution in [0.15, 0.2) is 30.3 Å². The zero-order valence-electron chi connectivity index (χ0n) is 14.8. The second-order valence-corrected chi connectivity index (χ2v) is 6.70. The van der Waals surface area contributed by atoms with Crippen LogP contribution in [-0.2, 0) is 14.3 Å². The van der Waals surface area contributed by atoms with Gasteiger partial charge in [0.1, 0.15) is 6.04 Å². The maximum Gasteiger partial charge on any atom is 0.245 e. The molecule has 0 aliphatic carbocycles. The fourth-order valence-corrected chi connectivity index (χ4v) is 3.41. The van der Waals surface area contributed by atoms with Crippen LogP contribution in [0.4, 0.5) is 0 Å². The molecule has 1 atom stereocenters. The minimum atomic E-state index is -0.293. The van der Waals surface area contributed by atoms with Gasteiger partial charge in [0.15, 0.2) is 0 Å². The van der Waals surface area contributed by atoms with Gasteiger partial charge < -0.3 is 14.5 Å². The Morgan fingerprint density at radius 1 is 1.16 bits per heavy atom. The molecule has 0 saturated carbocycles. The minimum absolute atomic E-state index is 0.0347. The van der Waals surface area contributed by atoms with Crippen LogP contribution in [-0.4, -0.2) is 60.5 Å². The molecule has 2 saturated heterocycles. The Kier molecular flexibility index (Phi) is 5.87. The van der Waals surface area contributed by atoms with Gasteiger partial charge in [-0.2, -0.15) is 0 Å². The lowest BCUT2D eigenvalue weighted by molar-refractivity contribution is -0.146. The molecule has 1 aromatic carbocycles. The van der Waals surface area contributed by atoms with Gasteiger partial charge in [-0.15, -0.1) is 0 Å². The van der Waals surface area contributed by atoms with Gasteiger partial charge in [-0.25, -0.2) is 0 Å². The molecule has 2 amide bonds. The number of benzene rings is 1. The third-order valence-corrected chi connectivity index (χ3v) is 4.86. The van der Waals surface area contributed by atoms with E-state index in [1.54, 1.807) is 4.90 Å². The highest BCUT2D eigenvalue weighted by atomic mass is 16.5. The van der Waals surface area contributed by atoms with Crippen molar-refractivity contribution in [2.45, 2.75) is 32.2 Å². The fourth-order valence-electron chi connectivity index (χ4n) is 3.41. The second kappa shape index (κ2) is 8.30. The maximum atomic E-state index is 12.7. The summed E-state index contributed by atoms with van der Waals surface area (Å²) >= 11 is 0. The highest BCUT2D eigenvalue weighted by molar-refractivity contribution is 5.89. The van der Waals surface area contributed by atoms with E-state index in [0.717, 1.165) is 18.4 Å². The van der Waals surface area contributed by atoms with Crippen molar-refractivity contribution in [3.63, 3.8) is 0 Å². The predicted octanol–water partition coefficient (Wildman–Crippen LogP) is 2.25. The van der Waals surface area contributed by atoms with E-state index in [4.69, 9.17) is 4.74 Å². The average Bonchev–Trinajstić information content (AvgIpc) is 3.13. The number of amides is 2. The molecule has 2 aliphatic heterocycles. The lowest BCUT2D eigenvalue weighted by atomic mass is 10.1. The molecular formula is C20H26N2O3. The first-order valence-electron chi connectivity index (χ1n) is 9.04. The van der Waals surface area contributed by atoms with E-state index in [2.05, 4.69) is 19.1 Å². The number of carbonyl (C=O) groups excluding carboxylic acids is 2. The van der Waals surface area contributed by atoms with E-state index >= 15 is 0 Å². The molecule has 5 nitrogen and oxygen atoms in total. The monoisotopic (exact) mass is 342 g/mol. The quantitative estimate of drug-likeness (QED) is 0.843. The normalized spacial score (nSPS) is 21.1. The van der Waals surface area contributed by atoms with Crippen LogP contribution in [0.3, 0.4) is 0 Å². The van der Waals surface area contributed by atoms with Crippen molar-refractivity contribution >= 4 is 17.9 Å². The molecule has 0 N–H and O–H groups in total. The van der Waals surface area contributed by atoms with Crippen molar-refractivity contribution in [3.05, 3.63) is 41.5 Å². The van der Waals surface area contributed by atoms with Gasteiger partial charge in [-0.05, 0) is 25.3 Å². The molecule has 2 aliphatic rings. The zero-order chi connectivity index (χ0) is 17.6. The van der Waals surface area contributed by atoms with E-state index < -0.39 is 0 Å². The van der Waals surface area contributed by atoms with Crippen molar-refractivity contribution in [3.8, 4) is 0 Å². The Bertz CT molecular complexity index is 633. The molecule has 1 unspecified atom stereocenters. The summed E-state index contributed by atoms with van der Waals surface area (Å²) < 4.78 is 5.31. The van der Waals surface area contributed by atoms with Gasteiger partial charge in [0.2, 0.25) is 11.8 Å². The Hall–Kier alpha value is -2.14. The predicted molar refractivity (Wildman–Crippen MR) is 97.0 cm³/mol. The van der Waals surface area contributed by atoms with Crippen molar-refractivity contribution < 1.29 is 14.3 Å². The fraction of sp³-hybridized carbons (Fsp3) is 0.500. The van der Waals surface area contributed by atoms with Gasteiger partial charge in [0, 0.05) is 26.1 Å². The molecule has 2 fully saturated rings. The van der Waals surface area contributed by atoms with Crippen molar-refractivity contribution in [1.29, 1.82) is 0 Å². The molecule has 3 rings (SSSR count). The number of likely N-dealkylation sites (tertiary alicyclic amines) is 1. The summed E-state index contributed by atoms with van der Waals surface area (Å²) in [6, 6.07) is 7.89. The van der Waals surface area contributed by atoms with Crippen LogP contribution in [0.25, 0.3) is 6.08 Å². The Balaban J connectivity index is 1.56. The van der Waals surface area contributed by atoms with Crippen molar-refractivity contribution in [2.24, 2.45) is 0 Å². The first-order valence-corrected chi connectivity index (χ1v) is 9.04. The van der Waals surface area contributed by atoms with Gasteiger partial charge in [-0.3, -0.25) is 9.59 Å². The molecule has 0 bridgehead atoms. The van der Waals surface area contributed by atoms with E-state index in [1.807, 2.05) is 29.2 Å². The topological polar surface area (TPSA) is 49.9 Å². The van der Waals surface area contributed by atoms with Crippen LogP contribution in [0, 0.1) is 6.92 Å². The summed E-state index contributed by atoms with van der Waals surface area (Å²) in [5, 5.41) is 0. The molecule has 0 spiro atoms. The number of rotatable bonds is 4. The number of ether oxygens (including phenoxy) is 1. The number of carbonyl (C=O) groups is 2. The molecule has 0 aromatic heterocycles. The summed E-state index contributed by atoms with van der Waals surface area (Å²) in [7, 11) is 0. The summed E-state index contributed by atoms with van der Waals surface area (Å²) in [4.78, 5) is 28.9. The minimum Gasteiger partial charge on any atom is -0.378 e. The van der Waals surface area contributed by atoms with Crippen molar-refractivity contribution in [1.82, 2.24) is 9.80 Å². The van der Waals surface area contributed by atoms with Crippen molar-refractivity contribution in [2.75, 3.05) is 32.8 Å². The zero-order valence-corrected chi connectivity index (χ0v) is 14.8. The summed E-state index contributed by atoms with van der Waals surface area (Å²) in [5.74, 6) is 0.115. The molecule has 5 heteroatoms. The third-order valence-electron chi connectivity index (χ3n) is 4.86. The molecule has 134 valence electrons. The Morgan fingerprint density at radius 3 is 2.60 bits per heavy atom. The smallest absolute Gasteiger partial charge is 0.245 e. The summed E-state index contributed by atoms with van der Waals surface area (Å²) in [6.07, 6.45) is 5.85. The molecule has 0 radical (unpaired) electrons. The molecule has 2 heterocycles. The van der Waals surface area contributed by atoms with Crippen LogP contribution >= 0.6 is 0 Å². The highest BCUT2D eigenvalue weighted by Gasteiger charge is 2.36. The Labute approximate surface area is 149 Å². The molecule has 25 heavy (non-hydrogen) atoms. The van der Waals surface area contributed by atoms with E-state index in [1.165, 1.54) is 5.56 Å². The van der Waals surface area contributed by atoms with E-state index in [0.29, 0.717) is 39.3 Å². The lowest BCUT2D eigenvalue weighted by Crippen LogP contribution is -2.50. The number of aryl methyl sites for hydroxylation is 1. The number of hydrogen-bond donors (Lipinski definition) is 0. The summed E-state index contributed by atoms with van der Waals surface area (Å²) in [6.45, 7) is 5.17. The van der Waals surface area contributed by atoms with Gasteiger partial charge in [0.05, 0.1) is 13.2 Å². The van der Waals surface area contributed by atoms with E-state index in [9.17, 15) is 9.59 Å². The van der Waals surface area contributed by atoms with E-state index in [-0.39, 0.29) is 17.9 Å². The standard InChI is InChI=1S/C20H26N2O3/c1-16-7-9-17(10-8-16)4-2-6-19(23)22-11-3-5-18(22)20(24)21-12-14-25-15-13-21/h2,4,7-10,18H,3,5-6,11-15H2,1H3/b4-2+. The number of hydrogen-bond acceptors (Lipinski definition) is 3. The summed E-state index contributed by atoms with van der Waals surface area (Å²) in [5.41, 5.74) is 2.30. The first-order chi connectivity index (χ1) is 12.1. The maximum absolute atomic E-state index is 12.7. The largest absolute Gasteiger partial charge is 0.378 e. The van der Waals surface area contributed by atoms with Crippen LogP contribution in [0.1, 0.15) is 30.4 Å². The number of morpholine rings is 1. The third kappa shape index (κ3) is 4.48. The molecule has 1 aromatic rings. The molecular weight excluding hydrogens is 316 g/mol. The second-order valence-electron chi connectivity index (χ2n) is 6.70. The lowest BCUT2D eigenvalue weighted by Gasteiger charge is -2.32. The van der Waals surface area contributed by atoms with Gasteiger partial charge in [-0.1, -0.05) is 42.0 Å².